The van der Waals surface area contributed by atoms with E-state index in [9.17, 15) is 0 Å². The number of nitrogens with one attached hydrogen (secondary N) is 1. The molecule has 0 aromatic rings. The Balaban J connectivity index is 2.17. The number of rotatable bonds is 5. The van der Waals surface area contributed by atoms with E-state index in [0.717, 1.165) is 32.2 Å². The van der Waals surface area contributed by atoms with Gasteiger partial charge in [0.15, 0.2) is 5.96 Å². The average molecular weight is 238 g/mol. The summed E-state index contributed by atoms with van der Waals surface area (Å²) in [4.78, 5) is 4.32. The van der Waals surface area contributed by atoms with E-state index in [4.69, 9.17) is 15.7 Å². The molecule has 1 aliphatic carbocycles. The molecule has 96 valence electrons. The fourth-order valence-corrected chi connectivity index (χ4v) is 2.04. The van der Waals surface area contributed by atoms with Crippen molar-refractivity contribution in [1.29, 1.82) is 5.26 Å². The van der Waals surface area contributed by atoms with Crippen molar-refractivity contribution in [2.75, 3.05) is 26.8 Å². The van der Waals surface area contributed by atoms with Gasteiger partial charge in [0.05, 0.1) is 12.7 Å². The zero-order chi connectivity index (χ0) is 12.5. The number of methoxy groups -OCH3 is 1. The quantitative estimate of drug-likeness (QED) is 0.423. The fourth-order valence-electron chi connectivity index (χ4n) is 2.04. The standard InChI is InChI=1S/C12H22N4O/c1-17-7-6-15-12(14)16-9-11-4-2-10(8-13)3-5-11/h10-11H,2-7,9H2,1H3,(H3,14,15,16). The first-order valence-corrected chi connectivity index (χ1v) is 6.18. The second-order valence-corrected chi connectivity index (χ2v) is 4.49. The Hall–Kier alpha value is -1.28. The molecule has 17 heavy (non-hydrogen) atoms. The van der Waals surface area contributed by atoms with E-state index < -0.39 is 0 Å². The van der Waals surface area contributed by atoms with Gasteiger partial charge in [-0.25, -0.2) is 0 Å². The van der Waals surface area contributed by atoms with Gasteiger partial charge in [0.2, 0.25) is 0 Å². The lowest BCUT2D eigenvalue weighted by Crippen LogP contribution is -2.34. The van der Waals surface area contributed by atoms with Gasteiger partial charge in [-0.3, -0.25) is 4.99 Å². The minimum Gasteiger partial charge on any atom is -0.383 e. The van der Waals surface area contributed by atoms with Crippen LogP contribution in [0.5, 0.6) is 0 Å². The maximum atomic E-state index is 8.80. The van der Waals surface area contributed by atoms with E-state index in [1.54, 1.807) is 7.11 Å². The molecular formula is C12H22N4O. The first kappa shape index (κ1) is 13.8. The molecule has 0 radical (unpaired) electrons. The van der Waals surface area contributed by atoms with Crippen LogP contribution in [0.1, 0.15) is 25.7 Å². The van der Waals surface area contributed by atoms with E-state index in [0.29, 0.717) is 25.0 Å². The lowest BCUT2D eigenvalue weighted by atomic mass is 9.83. The van der Waals surface area contributed by atoms with E-state index in [1.807, 2.05) is 0 Å². The van der Waals surface area contributed by atoms with E-state index in [-0.39, 0.29) is 5.92 Å². The number of hydrogen-bond acceptors (Lipinski definition) is 3. The predicted octanol–water partition coefficient (Wildman–Crippen LogP) is 0.867. The molecule has 0 atom stereocenters. The summed E-state index contributed by atoms with van der Waals surface area (Å²) in [6.07, 6.45) is 4.20. The van der Waals surface area contributed by atoms with Crippen LogP contribution in [0.25, 0.3) is 0 Å². The van der Waals surface area contributed by atoms with Gasteiger partial charge in [0.25, 0.3) is 0 Å². The Kier molecular flexibility index (Phi) is 6.41. The molecule has 0 aliphatic heterocycles. The molecule has 5 nitrogen and oxygen atoms in total. The lowest BCUT2D eigenvalue weighted by Gasteiger charge is -2.23. The summed E-state index contributed by atoms with van der Waals surface area (Å²) in [5.74, 6) is 1.33. The second kappa shape index (κ2) is 7.91. The van der Waals surface area contributed by atoms with Gasteiger partial charge in [-0.15, -0.1) is 0 Å². The number of nitriles is 1. The molecule has 1 fully saturated rings. The molecule has 1 saturated carbocycles. The van der Waals surface area contributed by atoms with Crippen molar-refractivity contribution in [3.05, 3.63) is 0 Å². The predicted molar refractivity (Wildman–Crippen MR) is 67.4 cm³/mol. The highest BCUT2D eigenvalue weighted by molar-refractivity contribution is 5.77. The Bertz CT molecular complexity index is 277. The molecule has 0 saturated heterocycles. The van der Waals surface area contributed by atoms with Crippen molar-refractivity contribution < 1.29 is 4.74 Å². The third kappa shape index (κ3) is 5.55. The van der Waals surface area contributed by atoms with E-state index in [2.05, 4.69) is 16.4 Å². The normalized spacial score (nSPS) is 25.3. The van der Waals surface area contributed by atoms with E-state index in [1.165, 1.54) is 0 Å². The Morgan fingerprint density at radius 3 is 2.76 bits per heavy atom. The number of guanidine groups is 1. The SMILES string of the molecule is COCCNC(N)=NCC1CCC(C#N)CC1. The van der Waals surface area contributed by atoms with Crippen LogP contribution in [0.3, 0.4) is 0 Å². The van der Waals surface area contributed by atoms with Gasteiger partial charge < -0.3 is 15.8 Å². The number of hydrogen-bond donors (Lipinski definition) is 2. The van der Waals surface area contributed by atoms with Crippen LogP contribution in [0.4, 0.5) is 0 Å². The maximum absolute atomic E-state index is 8.80. The number of ether oxygens (including phenoxy) is 1. The van der Waals surface area contributed by atoms with Crippen LogP contribution in [0.15, 0.2) is 4.99 Å². The average Bonchev–Trinajstić information content (AvgIpc) is 2.37. The van der Waals surface area contributed by atoms with Gasteiger partial charge >= 0.3 is 0 Å². The third-order valence-electron chi connectivity index (χ3n) is 3.16. The third-order valence-corrected chi connectivity index (χ3v) is 3.16. The van der Waals surface area contributed by atoms with Crippen molar-refractivity contribution in [1.82, 2.24) is 5.32 Å². The van der Waals surface area contributed by atoms with Gasteiger partial charge in [-0.2, -0.15) is 5.26 Å². The molecule has 0 heterocycles. The van der Waals surface area contributed by atoms with Crippen LogP contribution in [-0.2, 0) is 4.74 Å². The van der Waals surface area contributed by atoms with Gasteiger partial charge in [0, 0.05) is 26.1 Å². The second-order valence-electron chi connectivity index (χ2n) is 4.49. The Morgan fingerprint density at radius 1 is 1.47 bits per heavy atom. The number of aliphatic imine (C=N–C) groups is 1. The minimum atomic E-state index is 0.257. The molecule has 0 spiro atoms. The zero-order valence-corrected chi connectivity index (χ0v) is 10.5. The van der Waals surface area contributed by atoms with Gasteiger partial charge in [0.1, 0.15) is 0 Å². The highest BCUT2D eigenvalue weighted by atomic mass is 16.5. The monoisotopic (exact) mass is 238 g/mol. The molecule has 0 aromatic carbocycles. The summed E-state index contributed by atoms with van der Waals surface area (Å²) in [6, 6.07) is 2.34. The van der Waals surface area contributed by atoms with Crippen molar-refractivity contribution in [3.63, 3.8) is 0 Å². The highest BCUT2D eigenvalue weighted by Crippen LogP contribution is 2.28. The summed E-state index contributed by atoms with van der Waals surface area (Å²) in [5, 5.41) is 11.8. The summed E-state index contributed by atoms with van der Waals surface area (Å²) in [6.45, 7) is 2.08. The van der Waals surface area contributed by atoms with Crippen LogP contribution >= 0.6 is 0 Å². The van der Waals surface area contributed by atoms with Crippen LogP contribution in [0, 0.1) is 23.2 Å². The van der Waals surface area contributed by atoms with Crippen LogP contribution in [-0.4, -0.2) is 32.8 Å². The van der Waals surface area contributed by atoms with Crippen molar-refractivity contribution >= 4 is 5.96 Å². The Labute approximate surface area is 103 Å². The first-order valence-electron chi connectivity index (χ1n) is 6.18. The Morgan fingerprint density at radius 2 is 2.18 bits per heavy atom. The summed E-state index contributed by atoms with van der Waals surface area (Å²) >= 11 is 0. The first-order chi connectivity index (χ1) is 8.26. The van der Waals surface area contributed by atoms with Crippen LogP contribution in [0.2, 0.25) is 0 Å². The van der Waals surface area contributed by atoms with Gasteiger partial charge in [-0.05, 0) is 31.6 Å². The molecule has 1 rings (SSSR count). The van der Waals surface area contributed by atoms with Crippen molar-refractivity contribution in [2.24, 2.45) is 22.6 Å². The fraction of sp³-hybridized carbons (Fsp3) is 0.833. The van der Waals surface area contributed by atoms with Crippen LogP contribution < -0.4 is 11.1 Å². The zero-order valence-electron chi connectivity index (χ0n) is 10.5. The smallest absolute Gasteiger partial charge is 0.188 e. The van der Waals surface area contributed by atoms with E-state index >= 15 is 0 Å². The molecule has 3 N–H and O–H groups in total. The lowest BCUT2D eigenvalue weighted by molar-refractivity contribution is 0.204. The summed E-state index contributed by atoms with van der Waals surface area (Å²) in [5.41, 5.74) is 5.72. The molecule has 0 bridgehead atoms. The highest BCUT2D eigenvalue weighted by Gasteiger charge is 2.20. The number of nitrogens with two attached hydrogens (primary N) is 1. The van der Waals surface area contributed by atoms with Crippen molar-refractivity contribution in [2.45, 2.75) is 25.7 Å². The number of nitrogens with zero attached hydrogens (tertiary/aromatic N) is 2. The van der Waals surface area contributed by atoms with Gasteiger partial charge in [-0.1, -0.05) is 0 Å². The largest absolute Gasteiger partial charge is 0.383 e. The molecular weight excluding hydrogens is 216 g/mol. The summed E-state index contributed by atoms with van der Waals surface area (Å²) < 4.78 is 4.91. The molecule has 0 unspecified atom stereocenters. The molecule has 5 heteroatoms. The molecule has 0 amide bonds. The maximum Gasteiger partial charge on any atom is 0.188 e. The minimum absolute atomic E-state index is 0.257. The summed E-state index contributed by atoms with van der Waals surface area (Å²) in [7, 11) is 1.66. The molecule has 0 aromatic heterocycles. The molecule has 1 aliphatic rings. The topological polar surface area (TPSA) is 83.4 Å². The van der Waals surface area contributed by atoms with Crippen molar-refractivity contribution in [3.8, 4) is 6.07 Å².